The third-order valence-electron chi connectivity index (χ3n) is 17.1. The molecule has 0 unspecified atom stereocenters. The fourth-order valence-corrected chi connectivity index (χ4v) is 16.1. The molecular formula is C65H88Cl4N18O13S4. The number of hydrogen-bond donors (Lipinski definition) is 9. The molecule has 6 aliphatic rings. The molecule has 0 bridgehead atoms. The number of pyridine rings is 2. The van der Waals surface area contributed by atoms with E-state index in [1.54, 1.807) is 45.2 Å². The number of carboxylic acids is 3. The summed E-state index contributed by atoms with van der Waals surface area (Å²) in [5.41, 5.74) is 9.94. The van der Waals surface area contributed by atoms with Crippen LogP contribution in [0.5, 0.6) is 0 Å². The standard InChI is InChI=1S/C24H30ClN7O4S.C16H22ClN5O3.3C8H10N2O2S.CH4.2ClH/c1-31(2)24(36)13-4-6-15(27-20(33)21(34)30-19-7-5-14(25)11-26-19)17(10-13)28-22(35)23-29-16-8-9-32(3)12-18(16)37-23;1-22(2)16(25)9-3-5-12(11(18)7-9)20-14(23)15(24)21-13-6-4-10(17)8-19-13;3*1-10-3-2-5-6(4-10)13-7(9-5)8(11)12;;;/h5,7,11,13,15,17H,4,6,8-10,12H2,1-3H3,(H,27,33)(H,28,35)(H,26,30,34);4,6,8-9,11-12H,3,5,7,18H2,1-2H3,(H,20,23)(H,19,21,24);3*2-4H2,1H3,(H,11,12);1H4;2*1H/t13-,15-,17+;9-,11+,12-;;;;;;/m00....../s1. The largest absolute Gasteiger partial charge is 0.476 e. The predicted octanol–water partition coefficient (Wildman–Crippen LogP) is 5.63. The molecule has 6 atom stereocenters. The van der Waals surface area contributed by atoms with Gasteiger partial charge < -0.3 is 77.0 Å². The zero-order valence-electron chi connectivity index (χ0n) is 57.7. The second kappa shape index (κ2) is 40.3. The summed E-state index contributed by atoms with van der Waals surface area (Å²) in [6.45, 7) is 7.04. The van der Waals surface area contributed by atoms with E-state index in [0.29, 0.717) is 53.6 Å². The van der Waals surface area contributed by atoms with Gasteiger partial charge >= 0.3 is 41.5 Å². The summed E-state index contributed by atoms with van der Waals surface area (Å²) in [4.78, 5) is 160. The first kappa shape index (κ1) is 87.1. The van der Waals surface area contributed by atoms with Crippen LogP contribution in [0, 0.1) is 11.8 Å². The Morgan fingerprint density at radius 3 is 1.12 bits per heavy atom. The number of carbonyl (C=O) groups excluding carboxylic acids is 7. The monoisotopic (exact) mass is 1600 g/mol. The molecule has 2 aliphatic carbocycles. The fraction of sp³-hybridized carbons (Fsp3) is 0.508. The number of likely N-dealkylation sites (N-methyl/N-ethyl adjacent to an activating group) is 4. The van der Waals surface area contributed by atoms with E-state index in [9.17, 15) is 47.9 Å². The van der Waals surface area contributed by atoms with Crippen LogP contribution in [-0.4, -0.2) is 241 Å². The quantitative estimate of drug-likeness (QED) is 0.0709. The van der Waals surface area contributed by atoms with Crippen LogP contribution in [0.15, 0.2) is 36.7 Å². The minimum atomic E-state index is -0.915. The number of aromatic nitrogens is 6. The summed E-state index contributed by atoms with van der Waals surface area (Å²) in [5, 5.41) is 41.2. The van der Waals surface area contributed by atoms with Gasteiger partial charge in [0, 0.05) is 168 Å². The number of halogens is 4. The van der Waals surface area contributed by atoms with Crippen molar-refractivity contribution < 1.29 is 63.3 Å². The van der Waals surface area contributed by atoms with E-state index in [2.05, 4.69) is 76.1 Å². The van der Waals surface area contributed by atoms with E-state index in [-0.39, 0.29) is 101 Å². The fourth-order valence-electron chi connectivity index (χ4n) is 11.7. The zero-order valence-corrected chi connectivity index (χ0v) is 64.1. The van der Waals surface area contributed by atoms with Crippen molar-refractivity contribution in [1.29, 1.82) is 0 Å². The van der Waals surface area contributed by atoms with Gasteiger partial charge in [-0.05, 0) is 91.0 Å². The molecular weight excluding hydrogens is 1510 g/mol. The summed E-state index contributed by atoms with van der Waals surface area (Å²) in [5.74, 6) is -6.48. The number of fused-ring (bicyclic) bond motifs is 4. The van der Waals surface area contributed by atoms with Crippen LogP contribution in [0.3, 0.4) is 0 Å². The van der Waals surface area contributed by atoms with Gasteiger partial charge in [0.2, 0.25) is 26.8 Å². The van der Waals surface area contributed by atoms with Gasteiger partial charge in [0.05, 0.1) is 38.9 Å². The van der Waals surface area contributed by atoms with Crippen LogP contribution in [0.25, 0.3) is 0 Å². The van der Waals surface area contributed by atoms with Gasteiger partial charge in [-0.2, -0.15) is 0 Å². The second-order valence-electron chi connectivity index (χ2n) is 25.4. The number of nitrogens with one attached hydrogen (secondary N) is 5. The van der Waals surface area contributed by atoms with Crippen LogP contribution in [0.1, 0.15) is 127 Å². The zero-order chi connectivity index (χ0) is 73.5. The molecule has 0 saturated heterocycles. The lowest BCUT2D eigenvalue weighted by atomic mass is 9.81. The minimum absolute atomic E-state index is 0. The molecule has 0 radical (unpaired) electrons. The summed E-state index contributed by atoms with van der Waals surface area (Å²) in [6.07, 6.45) is 9.05. The average Bonchev–Trinajstić information content (AvgIpc) is 1.80. The third kappa shape index (κ3) is 24.8. The highest BCUT2D eigenvalue weighted by Crippen LogP contribution is 2.31. The van der Waals surface area contributed by atoms with E-state index >= 15 is 0 Å². The van der Waals surface area contributed by atoms with Crippen molar-refractivity contribution in [3.63, 3.8) is 0 Å². The summed E-state index contributed by atoms with van der Waals surface area (Å²) in [6, 6.07) is 4.27. The van der Waals surface area contributed by atoms with Crippen molar-refractivity contribution in [3.8, 4) is 0 Å². The SMILES string of the molecule is C.CN(C)C(=O)[C@H]1CC[C@H](NC(=O)C(=O)Nc2ccc(Cl)cn2)[C@H](N)C1.CN1CCc2nc(C(=O)N[C@@H]3C[C@@H](C(=O)N(C)C)CC[C@@H]3NC(=O)C(=O)Nc3ccc(Cl)cn3)sc2C1.CN1CCc2nc(C(=O)O)sc2C1.CN1CCc2nc(C(=O)O)sc2C1.CN1CCc2nc(C(=O)O)sc2C1.Cl.Cl. The molecule has 6 aromatic heterocycles. The average molecular weight is 1600 g/mol. The van der Waals surface area contributed by atoms with E-state index in [0.717, 1.165) is 120 Å². The summed E-state index contributed by atoms with van der Waals surface area (Å²) in [7, 11) is 14.9. The summed E-state index contributed by atoms with van der Waals surface area (Å²) >= 11 is 16.8. The number of carbonyl (C=O) groups is 10. The van der Waals surface area contributed by atoms with Crippen LogP contribution >= 0.6 is 93.4 Å². The number of rotatable bonds is 11. The first-order valence-corrected chi connectivity index (χ1v) is 36.2. The third-order valence-corrected chi connectivity index (χ3v) is 21.8. The van der Waals surface area contributed by atoms with Gasteiger partial charge in [0.15, 0.2) is 5.01 Å². The number of nitrogens with zero attached hydrogens (tertiary/aromatic N) is 12. The van der Waals surface area contributed by atoms with Gasteiger partial charge in [0.25, 0.3) is 5.91 Å². The van der Waals surface area contributed by atoms with Crippen molar-refractivity contribution in [3.05, 3.63) is 109 Å². The molecule has 31 nitrogen and oxygen atoms in total. The second-order valence-corrected chi connectivity index (χ2v) is 30.7. The number of amides is 7. The lowest BCUT2D eigenvalue weighted by molar-refractivity contribution is -0.137. The molecule has 10 N–H and O–H groups in total. The Hall–Kier alpha value is -7.52. The van der Waals surface area contributed by atoms with E-state index in [1.165, 1.54) is 74.8 Å². The van der Waals surface area contributed by atoms with E-state index in [1.807, 2.05) is 28.2 Å². The normalized spacial score (nSPS) is 19.5. The maximum atomic E-state index is 13.2. The molecule has 7 amide bonds. The highest BCUT2D eigenvalue weighted by molar-refractivity contribution is 7.14. The van der Waals surface area contributed by atoms with Gasteiger partial charge in [-0.1, -0.05) is 30.6 Å². The first-order chi connectivity index (χ1) is 47.9. The van der Waals surface area contributed by atoms with Crippen LogP contribution in [0.4, 0.5) is 11.6 Å². The lowest BCUT2D eigenvalue weighted by Gasteiger charge is -2.37. The molecule has 2 fully saturated rings. The number of hydrogen-bond acceptors (Lipinski definition) is 25. The number of thiazole rings is 4. The molecule has 10 heterocycles. The Bertz CT molecular complexity index is 3830. The van der Waals surface area contributed by atoms with Crippen molar-refractivity contribution in [2.45, 2.75) is 122 Å². The van der Waals surface area contributed by atoms with Gasteiger partial charge in [-0.25, -0.2) is 44.3 Å². The maximum Gasteiger partial charge on any atom is 0.365 e. The smallest absolute Gasteiger partial charge is 0.365 e. The number of anilines is 2. The Labute approximate surface area is 640 Å². The Kier molecular flexibility index (Phi) is 33.7. The number of nitrogens with two attached hydrogens (primary N) is 1. The Balaban J connectivity index is 0.000000250. The van der Waals surface area contributed by atoms with Crippen molar-refractivity contribution >= 4 is 164 Å². The maximum absolute atomic E-state index is 13.2. The van der Waals surface area contributed by atoms with Gasteiger partial charge in [-0.3, -0.25) is 33.6 Å². The minimum Gasteiger partial charge on any atom is -0.476 e. The van der Waals surface area contributed by atoms with Crippen molar-refractivity contribution in [2.75, 3.05) is 93.2 Å². The number of carboxylic acid groups (broad SMARTS) is 3. The number of aromatic carboxylic acids is 3. The van der Waals surface area contributed by atoms with Gasteiger partial charge in [0.1, 0.15) is 11.6 Å². The lowest BCUT2D eigenvalue weighted by Crippen LogP contribution is -2.57. The summed E-state index contributed by atoms with van der Waals surface area (Å²) < 4.78 is 0. The highest BCUT2D eigenvalue weighted by atomic mass is 35.5. The van der Waals surface area contributed by atoms with Gasteiger partial charge in [-0.15, -0.1) is 70.2 Å². The van der Waals surface area contributed by atoms with Crippen molar-refractivity contribution in [1.82, 2.24) is 75.3 Å². The molecule has 39 heteroatoms. The molecule has 4 aliphatic heterocycles. The predicted molar refractivity (Wildman–Crippen MR) is 402 cm³/mol. The van der Waals surface area contributed by atoms with E-state index in [4.69, 9.17) is 44.3 Å². The van der Waals surface area contributed by atoms with Crippen LogP contribution < -0.4 is 32.3 Å². The van der Waals surface area contributed by atoms with Crippen LogP contribution in [-0.2, 0) is 80.6 Å². The molecule has 2 saturated carbocycles. The van der Waals surface area contributed by atoms with Crippen LogP contribution in [0.2, 0.25) is 10.0 Å². The molecule has 0 spiro atoms. The molecule has 6 aromatic rings. The first-order valence-electron chi connectivity index (χ1n) is 32.2. The Morgan fingerprint density at radius 1 is 0.471 bits per heavy atom. The van der Waals surface area contributed by atoms with E-state index < -0.39 is 53.6 Å². The molecule has 568 valence electrons. The highest BCUT2D eigenvalue weighted by Gasteiger charge is 2.39. The molecule has 12 rings (SSSR count). The topological polar surface area (TPSA) is 414 Å². The molecule has 104 heavy (non-hydrogen) atoms. The molecule has 0 aromatic carbocycles. The van der Waals surface area contributed by atoms with Crippen molar-refractivity contribution in [2.24, 2.45) is 17.6 Å². The Morgan fingerprint density at radius 2 is 0.798 bits per heavy atom.